The lowest BCUT2D eigenvalue weighted by Crippen LogP contribution is -2.41. The third-order valence-corrected chi connectivity index (χ3v) is 4.41. The van der Waals surface area contributed by atoms with Crippen LogP contribution in [0.3, 0.4) is 0 Å². The van der Waals surface area contributed by atoms with Crippen LogP contribution >= 0.6 is 15.9 Å². The first-order chi connectivity index (χ1) is 9.11. The van der Waals surface area contributed by atoms with Crippen LogP contribution in [-0.4, -0.2) is 28.0 Å². The average molecular weight is 328 g/mol. The molecule has 0 N–H and O–H groups in total. The first-order valence-electron chi connectivity index (χ1n) is 6.98. The molecule has 0 aliphatic carbocycles. The van der Waals surface area contributed by atoms with E-state index >= 15 is 0 Å². The Hall–Kier alpha value is -0.840. The molecule has 1 saturated heterocycles. The molecular formula is C14H22BrN3O. The zero-order valence-corrected chi connectivity index (χ0v) is 13.3. The minimum Gasteiger partial charge on any atom is -0.352 e. The first kappa shape index (κ1) is 14.6. The fourth-order valence-corrected chi connectivity index (χ4v) is 3.10. The number of rotatable bonds is 4. The van der Waals surface area contributed by atoms with E-state index in [0.29, 0.717) is 17.7 Å². The quantitative estimate of drug-likeness (QED) is 0.797. The van der Waals surface area contributed by atoms with Crippen LogP contribution < -0.4 is 10.5 Å². The van der Waals surface area contributed by atoms with Gasteiger partial charge in [0.25, 0.3) is 5.56 Å². The molecule has 0 saturated carbocycles. The van der Waals surface area contributed by atoms with E-state index in [0.717, 1.165) is 31.4 Å². The molecule has 5 heteroatoms. The van der Waals surface area contributed by atoms with Gasteiger partial charge in [-0.1, -0.05) is 29.8 Å². The third-order valence-electron chi connectivity index (χ3n) is 3.49. The molecule has 1 aromatic heterocycles. The van der Waals surface area contributed by atoms with Gasteiger partial charge in [0, 0.05) is 37.4 Å². The predicted molar refractivity (Wildman–Crippen MR) is 82.1 cm³/mol. The molecule has 1 fully saturated rings. The van der Waals surface area contributed by atoms with E-state index in [9.17, 15) is 4.79 Å². The van der Waals surface area contributed by atoms with Gasteiger partial charge in [-0.3, -0.25) is 4.79 Å². The predicted octanol–water partition coefficient (Wildman–Crippen LogP) is 2.51. The van der Waals surface area contributed by atoms with Crippen molar-refractivity contribution in [1.29, 1.82) is 0 Å². The Kier molecular flexibility index (Phi) is 5.02. The SMILES string of the molecule is CC(C)Cn1ccnc(N2CCCC(CBr)C2)c1=O. The highest BCUT2D eigenvalue weighted by atomic mass is 79.9. The van der Waals surface area contributed by atoms with Crippen molar-refractivity contribution in [1.82, 2.24) is 9.55 Å². The molecule has 19 heavy (non-hydrogen) atoms. The van der Waals surface area contributed by atoms with Crippen molar-refractivity contribution in [2.75, 3.05) is 23.3 Å². The molecule has 0 spiro atoms. The maximum atomic E-state index is 12.4. The summed E-state index contributed by atoms with van der Waals surface area (Å²) in [6.07, 6.45) is 5.90. The van der Waals surface area contributed by atoms with E-state index in [-0.39, 0.29) is 5.56 Å². The molecule has 2 heterocycles. The Morgan fingerprint density at radius 3 is 3.00 bits per heavy atom. The van der Waals surface area contributed by atoms with Gasteiger partial charge in [0.15, 0.2) is 5.82 Å². The summed E-state index contributed by atoms with van der Waals surface area (Å²) in [6, 6.07) is 0. The van der Waals surface area contributed by atoms with Gasteiger partial charge in [-0.15, -0.1) is 0 Å². The van der Waals surface area contributed by atoms with Crippen molar-refractivity contribution in [3.8, 4) is 0 Å². The van der Waals surface area contributed by atoms with Crippen LogP contribution in [-0.2, 0) is 6.54 Å². The number of halogens is 1. The molecule has 0 amide bonds. The standard InChI is InChI=1S/C14H22BrN3O/c1-11(2)9-18-7-5-16-13(14(18)19)17-6-3-4-12(8-15)10-17/h5,7,11-12H,3-4,6,8-10H2,1-2H3. The topological polar surface area (TPSA) is 38.1 Å². The summed E-state index contributed by atoms with van der Waals surface area (Å²) in [5.41, 5.74) is 0.0476. The molecule has 1 aliphatic heterocycles. The summed E-state index contributed by atoms with van der Waals surface area (Å²) in [6.45, 7) is 6.86. The number of piperidine rings is 1. The number of anilines is 1. The molecule has 0 bridgehead atoms. The van der Waals surface area contributed by atoms with E-state index in [2.05, 4.69) is 39.7 Å². The highest BCUT2D eigenvalue weighted by Gasteiger charge is 2.22. The van der Waals surface area contributed by atoms with Gasteiger partial charge in [0.1, 0.15) is 0 Å². The van der Waals surface area contributed by atoms with Gasteiger partial charge in [0.05, 0.1) is 0 Å². The van der Waals surface area contributed by atoms with Crippen molar-refractivity contribution in [3.05, 3.63) is 22.7 Å². The second kappa shape index (κ2) is 6.55. The van der Waals surface area contributed by atoms with Crippen molar-refractivity contribution >= 4 is 21.7 Å². The average Bonchev–Trinajstić information content (AvgIpc) is 2.41. The normalized spacial score (nSPS) is 20.0. The summed E-state index contributed by atoms with van der Waals surface area (Å²) in [5, 5.41) is 0.997. The van der Waals surface area contributed by atoms with Crippen molar-refractivity contribution in [2.45, 2.75) is 33.2 Å². The summed E-state index contributed by atoms with van der Waals surface area (Å²) in [5.74, 6) is 1.70. The molecule has 0 aromatic carbocycles. The molecular weight excluding hydrogens is 306 g/mol. The molecule has 0 radical (unpaired) electrons. The zero-order valence-electron chi connectivity index (χ0n) is 11.7. The van der Waals surface area contributed by atoms with Gasteiger partial charge in [0.2, 0.25) is 0 Å². The maximum absolute atomic E-state index is 12.4. The second-order valence-electron chi connectivity index (χ2n) is 5.71. The van der Waals surface area contributed by atoms with E-state index in [1.54, 1.807) is 17.0 Å². The van der Waals surface area contributed by atoms with E-state index < -0.39 is 0 Å². The molecule has 2 rings (SSSR count). The highest BCUT2D eigenvalue weighted by molar-refractivity contribution is 9.09. The Labute approximate surface area is 123 Å². The van der Waals surface area contributed by atoms with Crippen LogP contribution in [0.1, 0.15) is 26.7 Å². The van der Waals surface area contributed by atoms with Crippen LogP contribution in [0.15, 0.2) is 17.2 Å². The minimum absolute atomic E-state index is 0.0476. The second-order valence-corrected chi connectivity index (χ2v) is 6.36. The fraction of sp³-hybridized carbons (Fsp3) is 0.714. The van der Waals surface area contributed by atoms with Crippen molar-refractivity contribution in [2.24, 2.45) is 11.8 Å². The summed E-state index contributed by atoms with van der Waals surface area (Å²) < 4.78 is 1.78. The molecule has 1 aromatic rings. The first-order valence-corrected chi connectivity index (χ1v) is 8.10. The number of hydrogen-bond acceptors (Lipinski definition) is 3. The van der Waals surface area contributed by atoms with Crippen LogP contribution in [0.4, 0.5) is 5.82 Å². The van der Waals surface area contributed by atoms with E-state index in [1.807, 2.05) is 0 Å². The lowest BCUT2D eigenvalue weighted by atomic mass is 10.0. The van der Waals surface area contributed by atoms with Crippen molar-refractivity contribution in [3.63, 3.8) is 0 Å². The van der Waals surface area contributed by atoms with E-state index in [1.165, 1.54) is 6.42 Å². The molecule has 4 nitrogen and oxygen atoms in total. The van der Waals surface area contributed by atoms with Gasteiger partial charge in [-0.25, -0.2) is 4.98 Å². The largest absolute Gasteiger partial charge is 0.352 e. The number of hydrogen-bond donors (Lipinski definition) is 0. The van der Waals surface area contributed by atoms with Gasteiger partial charge < -0.3 is 9.47 Å². The zero-order chi connectivity index (χ0) is 13.8. The Balaban J connectivity index is 2.22. The smallest absolute Gasteiger partial charge is 0.293 e. The van der Waals surface area contributed by atoms with Crippen LogP contribution in [0.5, 0.6) is 0 Å². The van der Waals surface area contributed by atoms with Crippen LogP contribution in [0.2, 0.25) is 0 Å². The summed E-state index contributed by atoms with van der Waals surface area (Å²) >= 11 is 3.55. The van der Waals surface area contributed by atoms with Gasteiger partial charge >= 0.3 is 0 Å². The molecule has 1 unspecified atom stereocenters. The monoisotopic (exact) mass is 327 g/mol. The number of alkyl halides is 1. The molecule has 106 valence electrons. The van der Waals surface area contributed by atoms with Crippen LogP contribution in [0, 0.1) is 11.8 Å². The Bertz CT molecular complexity index is 472. The summed E-state index contributed by atoms with van der Waals surface area (Å²) in [4.78, 5) is 18.9. The third kappa shape index (κ3) is 3.59. The Morgan fingerprint density at radius 2 is 2.32 bits per heavy atom. The Morgan fingerprint density at radius 1 is 1.53 bits per heavy atom. The lowest BCUT2D eigenvalue weighted by Gasteiger charge is -2.32. The molecule has 1 atom stereocenters. The van der Waals surface area contributed by atoms with E-state index in [4.69, 9.17) is 0 Å². The minimum atomic E-state index is 0.0476. The van der Waals surface area contributed by atoms with Gasteiger partial charge in [-0.2, -0.15) is 0 Å². The number of aromatic nitrogens is 2. The highest BCUT2D eigenvalue weighted by Crippen LogP contribution is 2.20. The van der Waals surface area contributed by atoms with Gasteiger partial charge in [-0.05, 0) is 24.7 Å². The van der Waals surface area contributed by atoms with Crippen LogP contribution in [0.25, 0.3) is 0 Å². The fourth-order valence-electron chi connectivity index (χ4n) is 2.57. The van der Waals surface area contributed by atoms with Crippen molar-refractivity contribution < 1.29 is 0 Å². The maximum Gasteiger partial charge on any atom is 0.293 e. The molecule has 1 aliphatic rings. The number of nitrogens with zero attached hydrogens (tertiary/aromatic N) is 3. The lowest BCUT2D eigenvalue weighted by molar-refractivity contribution is 0.448. The summed E-state index contributed by atoms with van der Waals surface area (Å²) in [7, 11) is 0.